The average Bonchev–Trinajstić information content (AvgIpc) is 2.67. The monoisotopic (exact) mass is 168 g/mol. The zero-order valence-corrected chi connectivity index (χ0v) is 7.96. The van der Waals surface area contributed by atoms with Crippen LogP contribution in [0, 0.1) is 0 Å². The Morgan fingerprint density at radius 3 is 2.58 bits per heavy atom. The Morgan fingerprint density at radius 1 is 1.50 bits per heavy atom. The number of epoxide rings is 1. The molecule has 0 bridgehead atoms. The fourth-order valence-corrected chi connectivity index (χ4v) is 2.35. The Kier molecular flexibility index (Phi) is 1.61. The molecule has 1 aliphatic carbocycles. The van der Waals surface area contributed by atoms with E-state index in [1.807, 2.05) is 6.92 Å². The lowest BCUT2D eigenvalue weighted by molar-refractivity contribution is -0.0000380. The summed E-state index contributed by atoms with van der Waals surface area (Å²) in [5.74, 6) is 0. The summed E-state index contributed by atoms with van der Waals surface area (Å²) >= 11 is 0. The second kappa shape index (κ2) is 2.33. The van der Waals surface area contributed by atoms with Crippen molar-refractivity contribution in [2.75, 3.05) is 7.11 Å². The summed E-state index contributed by atoms with van der Waals surface area (Å²) < 4.78 is 11.2. The van der Waals surface area contributed by atoms with Crippen molar-refractivity contribution >= 4 is 0 Å². The lowest BCUT2D eigenvalue weighted by Gasteiger charge is -2.23. The van der Waals surface area contributed by atoms with E-state index in [0.29, 0.717) is 6.10 Å². The molecule has 3 atom stereocenters. The molecule has 0 N–H and O–H groups in total. The third kappa shape index (κ3) is 0.882. The maximum Gasteiger partial charge on any atom is 0.119 e. The normalized spacial score (nSPS) is 51.4. The van der Waals surface area contributed by atoms with E-state index in [9.17, 15) is 0 Å². The Labute approximate surface area is 73.5 Å². The number of rotatable bonds is 2. The summed E-state index contributed by atoms with van der Waals surface area (Å²) in [5.41, 5.74) is -0.000972. The van der Waals surface area contributed by atoms with Gasteiger partial charge in [-0.1, -0.05) is 12.2 Å². The molecule has 68 valence electrons. The number of methoxy groups -OCH3 is 1. The first-order valence-electron chi connectivity index (χ1n) is 4.54. The SMILES string of the molecule is C/C=C/[C@@]1(OC)CC[C@]2(C)O[C@H]12. The van der Waals surface area contributed by atoms with Gasteiger partial charge in [0.2, 0.25) is 0 Å². The molecule has 0 aromatic heterocycles. The molecule has 0 radical (unpaired) electrons. The minimum absolute atomic E-state index is 0.121. The maximum absolute atomic E-state index is 5.62. The molecule has 2 heteroatoms. The largest absolute Gasteiger partial charge is 0.371 e. The van der Waals surface area contributed by atoms with Crippen molar-refractivity contribution in [1.82, 2.24) is 0 Å². The summed E-state index contributed by atoms with van der Waals surface area (Å²) in [5, 5.41) is 0. The van der Waals surface area contributed by atoms with Crippen molar-refractivity contribution in [2.24, 2.45) is 0 Å². The minimum Gasteiger partial charge on any atom is -0.371 e. The summed E-state index contributed by atoms with van der Waals surface area (Å²) in [7, 11) is 1.77. The lowest BCUT2D eigenvalue weighted by atomic mass is 9.99. The summed E-state index contributed by atoms with van der Waals surface area (Å²) in [4.78, 5) is 0. The van der Waals surface area contributed by atoms with E-state index in [0.717, 1.165) is 12.8 Å². The number of fused-ring (bicyclic) bond motifs is 1. The van der Waals surface area contributed by atoms with E-state index in [1.165, 1.54) is 0 Å². The zero-order valence-electron chi connectivity index (χ0n) is 7.96. The second-order valence-corrected chi connectivity index (χ2v) is 3.97. The molecular formula is C10H16O2. The second-order valence-electron chi connectivity index (χ2n) is 3.97. The third-order valence-electron chi connectivity index (χ3n) is 3.17. The Hall–Kier alpha value is -0.340. The standard InChI is InChI=1S/C10H16O2/c1-4-5-10(11-3)7-6-9(2)8(10)12-9/h4-5,8H,6-7H2,1-3H3/b5-4+/t8-,9-,10+/m0/s1. The van der Waals surface area contributed by atoms with Gasteiger partial charge < -0.3 is 9.47 Å². The van der Waals surface area contributed by atoms with Gasteiger partial charge in [-0.25, -0.2) is 0 Å². The van der Waals surface area contributed by atoms with E-state index in [2.05, 4.69) is 19.1 Å². The molecule has 0 spiro atoms. The van der Waals surface area contributed by atoms with Gasteiger partial charge in [-0.15, -0.1) is 0 Å². The van der Waals surface area contributed by atoms with Crippen LogP contribution in [-0.4, -0.2) is 24.4 Å². The predicted octanol–water partition coefficient (Wildman–Crippen LogP) is 1.90. The van der Waals surface area contributed by atoms with Gasteiger partial charge >= 0.3 is 0 Å². The van der Waals surface area contributed by atoms with E-state index in [-0.39, 0.29) is 11.2 Å². The highest BCUT2D eigenvalue weighted by atomic mass is 16.6. The first-order valence-corrected chi connectivity index (χ1v) is 4.54. The maximum atomic E-state index is 5.62. The van der Waals surface area contributed by atoms with E-state index >= 15 is 0 Å². The highest BCUT2D eigenvalue weighted by Gasteiger charge is 2.67. The van der Waals surface area contributed by atoms with Crippen LogP contribution in [0.4, 0.5) is 0 Å². The smallest absolute Gasteiger partial charge is 0.119 e. The molecule has 2 nitrogen and oxygen atoms in total. The van der Waals surface area contributed by atoms with Gasteiger partial charge in [0.05, 0.1) is 5.60 Å². The summed E-state index contributed by atoms with van der Waals surface area (Å²) in [6.07, 6.45) is 6.70. The molecule has 0 amide bonds. The molecule has 1 saturated heterocycles. The van der Waals surface area contributed by atoms with Gasteiger partial charge in [-0.05, 0) is 26.7 Å². The van der Waals surface area contributed by atoms with Crippen LogP contribution >= 0.6 is 0 Å². The van der Waals surface area contributed by atoms with Crippen molar-refractivity contribution in [2.45, 2.75) is 44.0 Å². The Bertz CT molecular complexity index is 224. The molecule has 2 aliphatic rings. The van der Waals surface area contributed by atoms with Gasteiger partial charge in [-0.2, -0.15) is 0 Å². The molecular weight excluding hydrogens is 152 g/mol. The quantitative estimate of drug-likeness (QED) is 0.464. The first-order chi connectivity index (χ1) is 5.67. The van der Waals surface area contributed by atoms with E-state index < -0.39 is 0 Å². The van der Waals surface area contributed by atoms with Gasteiger partial charge in [0.25, 0.3) is 0 Å². The molecule has 2 fully saturated rings. The molecule has 1 aliphatic heterocycles. The molecule has 1 heterocycles. The number of allylic oxidation sites excluding steroid dienone is 1. The molecule has 1 saturated carbocycles. The van der Waals surface area contributed by atoms with Crippen molar-refractivity contribution in [3.63, 3.8) is 0 Å². The summed E-state index contributed by atoms with van der Waals surface area (Å²) in [6, 6.07) is 0. The molecule has 0 unspecified atom stereocenters. The summed E-state index contributed by atoms with van der Waals surface area (Å²) in [6.45, 7) is 4.20. The van der Waals surface area contributed by atoms with Crippen molar-refractivity contribution in [1.29, 1.82) is 0 Å². The number of hydrogen-bond donors (Lipinski definition) is 0. The Balaban J connectivity index is 2.20. The number of ether oxygens (including phenoxy) is 2. The van der Waals surface area contributed by atoms with Crippen LogP contribution in [0.25, 0.3) is 0 Å². The van der Waals surface area contributed by atoms with Crippen LogP contribution in [0.2, 0.25) is 0 Å². The van der Waals surface area contributed by atoms with Crippen LogP contribution in [-0.2, 0) is 9.47 Å². The van der Waals surface area contributed by atoms with Gasteiger partial charge in [0, 0.05) is 7.11 Å². The highest BCUT2D eigenvalue weighted by Crippen LogP contribution is 2.56. The third-order valence-corrected chi connectivity index (χ3v) is 3.17. The van der Waals surface area contributed by atoms with Gasteiger partial charge in [-0.3, -0.25) is 0 Å². The lowest BCUT2D eigenvalue weighted by Crippen LogP contribution is -2.32. The fourth-order valence-electron chi connectivity index (χ4n) is 2.35. The van der Waals surface area contributed by atoms with E-state index in [1.54, 1.807) is 7.11 Å². The molecule has 2 rings (SSSR count). The fraction of sp³-hybridized carbons (Fsp3) is 0.800. The van der Waals surface area contributed by atoms with Crippen molar-refractivity contribution in [3.8, 4) is 0 Å². The topological polar surface area (TPSA) is 21.8 Å². The van der Waals surface area contributed by atoms with Gasteiger partial charge in [0.15, 0.2) is 0 Å². The molecule has 0 aromatic rings. The first kappa shape index (κ1) is 8.27. The van der Waals surface area contributed by atoms with Crippen LogP contribution < -0.4 is 0 Å². The van der Waals surface area contributed by atoms with Crippen LogP contribution in [0.5, 0.6) is 0 Å². The molecule has 0 aromatic carbocycles. The highest BCUT2D eigenvalue weighted by molar-refractivity contribution is 5.24. The van der Waals surface area contributed by atoms with Crippen molar-refractivity contribution < 1.29 is 9.47 Å². The zero-order chi connectivity index (χ0) is 8.82. The molecule has 12 heavy (non-hydrogen) atoms. The average molecular weight is 168 g/mol. The predicted molar refractivity (Wildman–Crippen MR) is 47.1 cm³/mol. The van der Waals surface area contributed by atoms with Crippen LogP contribution in [0.1, 0.15) is 26.7 Å². The van der Waals surface area contributed by atoms with E-state index in [4.69, 9.17) is 9.47 Å². The number of hydrogen-bond acceptors (Lipinski definition) is 2. The minimum atomic E-state index is -0.122. The Morgan fingerprint density at radius 2 is 2.25 bits per heavy atom. The van der Waals surface area contributed by atoms with Gasteiger partial charge in [0.1, 0.15) is 11.7 Å². The van der Waals surface area contributed by atoms with Crippen LogP contribution in [0.3, 0.4) is 0 Å². The van der Waals surface area contributed by atoms with Crippen LogP contribution in [0.15, 0.2) is 12.2 Å². The van der Waals surface area contributed by atoms with Crippen molar-refractivity contribution in [3.05, 3.63) is 12.2 Å².